The first-order chi connectivity index (χ1) is 12.5. The fourth-order valence-electron chi connectivity index (χ4n) is 2.40. The zero-order chi connectivity index (χ0) is 19.4. The van der Waals surface area contributed by atoms with Crippen molar-refractivity contribution < 1.29 is 24.2 Å². The number of allylic oxidation sites excluding steroid dienone is 1. The number of ether oxygens (including phenoxy) is 2. The Morgan fingerprint density at radius 3 is 2.31 bits per heavy atom. The molecular weight excluding hydrogens is 332 g/mol. The van der Waals surface area contributed by atoms with Gasteiger partial charge < -0.3 is 14.6 Å². The molecule has 1 aromatic rings. The van der Waals surface area contributed by atoms with E-state index < -0.39 is 17.5 Å². The van der Waals surface area contributed by atoms with Gasteiger partial charge >= 0.3 is 5.97 Å². The van der Waals surface area contributed by atoms with E-state index in [2.05, 4.69) is 6.92 Å². The average Bonchev–Trinajstić information content (AvgIpc) is 2.60. The first-order valence-electron chi connectivity index (χ1n) is 9.23. The fourth-order valence-corrected chi connectivity index (χ4v) is 2.40. The third kappa shape index (κ3) is 8.19. The predicted octanol–water partition coefficient (Wildman–Crippen LogP) is 3.48. The van der Waals surface area contributed by atoms with Crippen molar-refractivity contribution in [2.24, 2.45) is 0 Å². The Morgan fingerprint density at radius 1 is 1.00 bits per heavy atom. The molecule has 1 aromatic carbocycles. The zero-order valence-electron chi connectivity index (χ0n) is 16.0. The van der Waals surface area contributed by atoms with Gasteiger partial charge in [-0.15, -0.1) is 5.76 Å². The lowest BCUT2D eigenvalue weighted by Crippen LogP contribution is -2.22. The minimum Gasteiger partial charge on any atom is -0.875 e. The molecule has 0 aliphatic carbocycles. The van der Waals surface area contributed by atoms with Gasteiger partial charge in [0.15, 0.2) is 5.78 Å². The maximum atomic E-state index is 12.2. The highest BCUT2D eigenvalue weighted by Gasteiger charge is 2.17. The quantitative estimate of drug-likeness (QED) is 0.142. The van der Waals surface area contributed by atoms with E-state index in [-0.39, 0.29) is 18.6 Å². The van der Waals surface area contributed by atoms with Crippen LogP contribution in [-0.2, 0) is 14.3 Å². The van der Waals surface area contributed by atoms with Gasteiger partial charge in [0.2, 0.25) is 0 Å². The van der Waals surface area contributed by atoms with E-state index in [1.165, 1.54) is 6.92 Å². The minimum atomic E-state index is -0.807. The molecule has 26 heavy (non-hydrogen) atoms. The summed E-state index contributed by atoms with van der Waals surface area (Å²) < 4.78 is 10.6. The van der Waals surface area contributed by atoms with E-state index in [9.17, 15) is 14.7 Å². The number of rotatable bonds is 12. The maximum absolute atomic E-state index is 12.2. The van der Waals surface area contributed by atoms with Crippen LogP contribution in [-0.4, -0.2) is 25.0 Å². The molecule has 0 spiro atoms. The van der Waals surface area contributed by atoms with E-state index in [0.29, 0.717) is 13.0 Å². The van der Waals surface area contributed by atoms with Crippen LogP contribution in [0.1, 0.15) is 57.9 Å². The lowest BCUT2D eigenvalue weighted by molar-refractivity contribution is -0.308. The largest absolute Gasteiger partial charge is 0.875 e. The molecule has 0 amide bonds. The first-order valence-corrected chi connectivity index (χ1v) is 9.23. The molecule has 0 unspecified atom stereocenters. The van der Waals surface area contributed by atoms with E-state index in [4.69, 9.17) is 9.47 Å². The Balaban J connectivity index is 2.46. The Kier molecular flexibility index (Phi) is 10.1. The van der Waals surface area contributed by atoms with Crippen LogP contribution in [0, 0.1) is 6.92 Å². The molecule has 0 atom stereocenters. The van der Waals surface area contributed by atoms with Gasteiger partial charge in [0.1, 0.15) is 5.75 Å². The smallest absolute Gasteiger partial charge is 0.340 e. The number of carbonyl (C=O) groups excluding carboxylic acids is 2. The van der Waals surface area contributed by atoms with Crippen molar-refractivity contribution in [3.63, 3.8) is 0 Å². The number of hydrogen-bond acceptors (Lipinski definition) is 5. The second kappa shape index (κ2) is 12.1. The Bertz CT molecular complexity index is 601. The summed E-state index contributed by atoms with van der Waals surface area (Å²) in [7, 11) is 0. The monoisotopic (exact) mass is 361 g/mol. The van der Waals surface area contributed by atoms with Gasteiger partial charge in [-0.2, -0.15) is 0 Å². The second-order valence-corrected chi connectivity index (χ2v) is 6.32. The highest BCUT2D eigenvalue weighted by atomic mass is 16.5. The lowest BCUT2D eigenvalue weighted by Gasteiger charge is -2.17. The molecule has 0 aromatic heterocycles. The maximum Gasteiger partial charge on any atom is 0.340 e. The van der Waals surface area contributed by atoms with Crippen molar-refractivity contribution in [1.29, 1.82) is 0 Å². The van der Waals surface area contributed by atoms with Gasteiger partial charge in [-0.1, -0.05) is 43.9 Å². The van der Waals surface area contributed by atoms with Crippen LogP contribution < -0.4 is 9.84 Å². The summed E-state index contributed by atoms with van der Waals surface area (Å²) in [6.07, 6.45) is 4.36. The van der Waals surface area contributed by atoms with Crippen LogP contribution in [0.2, 0.25) is 0 Å². The first kappa shape index (κ1) is 21.7. The molecule has 0 heterocycles. The summed E-state index contributed by atoms with van der Waals surface area (Å²) >= 11 is 0. The minimum absolute atomic E-state index is 0.0751. The molecule has 0 saturated carbocycles. The van der Waals surface area contributed by atoms with E-state index in [1.54, 1.807) is 0 Å². The van der Waals surface area contributed by atoms with Crippen molar-refractivity contribution in [3.8, 4) is 5.75 Å². The number of aryl methyl sites for hydroxylation is 1. The van der Waals surface area contributed by atoms with Crippen molar-refractivity contribution in [1.82, 2.24) is 0 Å². The number of carbonyl (C=O) groups is 2. The molecule has 144 valence electrons. The number of benzene rings is 1. The predicted molar refractivity (Wildman–Crippen MR) is 98.7 cm³/mol. The highest BCUT2D eigenvalue weighted by molar-refractivity contribution is 6.16. The number of esters is 1. The molecule has 0 radical (unpaired) electrons. The van der Waals surface area contributed by atoms with Crippen LogP contribution in [0.3, 0.4) is 0 Å². The highest BCUT2D eigenvalue weighted by Crippen LogP contribution is 2.14. The summed E-state index contributed by atoms with van der Waals surface area (Å²) in [4.78, 5) is 23.7. The van der Waals surface area contributed by atoms with Crippen molar-refractivity contribution >= 4 is 11.8 Å². The number of unbranched alkanes of at least 4 members (excludes halogenated alkanes) is 3. The SMILES string of the molecule is CCCCCCOC(=O)/C(C(C)=O)=C(/[O-])CCCOc1ccc(C)cc1. The van der Waals surface area contributed by atoms with E-state index in [0.717, 1.165) is 37.0 Å². The van der Waals surface area contributed by atoms with Crippen LogP contribution in [0.25, 0.3) is 0 Å². The van der Waals surface area contributed by atoms with Gasteiger partial charge in [0.25, 0.3) is 0 Å². The summed E-state index contributed by atoms with van der Waals surface area (Å²) in [6, 6.07) is 7.61. The molecule has 0 N–H and O–H groups in total. The molecule has 1 rings (SSSR count). The molecule has 0 saturated heterocycles. The van der Waals surface area contributed by atoms with Gasteiger partial charge in [0.05, 0.1) is 18.8 Å². The molecule has 0 fully saturated rings. The lowest BCUT2D eigenvalue weighted by atomic mass is 10.1. The van der Waals surface area contributed by atoms with E-state index >= 15 is 0 Å². The number of ketones is 1. The average molecular weight is 361 g/mol. The van der Waals surface area contributed by atoms with Crippen LogP contribution in [0.5, 0.6) is 5.75 Å². The van der Waals surface area contributed by atoms with Gasteiger partial charge in [-0.25, -0.2) is 4.79 Å². The van der Waals surface area contributed by atoms with Crippen LogP contribution in [0.4, 0.5) is 0 Å². The van der Waals surface area contributed by atoms with Gasteiger partial charge in [0, 0.05) is 0 Å². The molecular formula is C21H29O5-. The Morgan fingerprint density at radius 2 is 1.69 bits per heavy atom. The third-order valence-electron chi connectivity index (χ3n) is 3.90. The molecule has 5 nitrogen and oxygen atoms in total. The number of hydrogen-bond donors (Lipinski definition) is 0. The summed E-state index contributed by atoms with van der Waals surface area (Å²) in [5, 5.41) is 12.2. The van der Waals surface area contributed by atoms with Crippen LogP contribution >= 0.6 is 0 Å². The second-order valence-electron chi connectivity index (χ2n) is 6.32. The van der Waals surface area contributed by atoms with E-state index in [1.807, 2.05) is 31.2 Å². The topological polar surface area (TPSA) is 75.7 Å². The Labute approximate surface area is 156 Å². The summed E-state index contributed by atoms with van der Waals surface area (Å²) in [5.74, 6) is -1.11. The van der Waals surface area contributed by atoms with Crippen molar-refractivity contribution in [3.05, 3.63) is 41.2 Å². The summed E-state index contributed by atoms with van der Waals surface area (Å²) in [6.45, 7) is 5.87. The molecule has 0 aliphatic heterocycles. The van der Waals surface area contributed by atoms with Gasteiger partial charge in [-0.05, 0) is 45.2 Å². The molecule has 0 aliphatic rings. The Hall–Kier alpha value is -2.30. The molecule has 5 heteroatoms. The third-order valence-corrected chi connectivity index (χ3v) is 3.90. The van der Waals surface area contributed by atoms with Gasteiger partial charge in [-0.3, -0.25) is 4.79 Å². The number of Topliss-reactive ketones (excluding diaryl/α,β-unsaturated/α-hetero) is 1. The van der Waals surface area contributed by atoms with Crippen LogP contribution in [0.15, 0.2) is 35.6 Å². The molecule has 0 bridgehead atoms. The normalized spacial score (nSPS) is 11.7. The zero-order valence-corrected chi connectivity index (χ0v) is 16.0. The fraction of sp³-hybridized carbons (Fsp3) is 0.524. The van der Waals surface area contributed by atoms with Crippen molar-refractivity contribution in [2.75, 3.05) is 13.2 Å². The summed E-state index contributed by atoms with van der Waals surface area (Å²) in [5.41, 5.74) is 0.775. The standard InChI is InChI=1S/C21H30O5/c1-4-5-6-7-14-26-21(24)20(17(3)22)19(23)9-8-15-25-18-12-10-16(2)11-13-18/h10-13,23H,4-9,14-15H2,1-3H3/p-1/b20-19+. The van der Waals surface area contributed by atoms with Crippen molar-refractivity contribution in [2.45, 2.75) is 59.3 Å².